The fourth-order valence-electron chi connectivity index (χ4n) is 1.84. The van der Waals surface area contributed by atoms with Crippen molar-refractivity contribution in [2.75, 3.05) is 12.4 Å². The number of anilines is 2. The molecule has 0 amide bonds. The van der Waals surface area contributed by atoms with Gasteiger partial charge >= 0.3 is 5.97 Å². The molecular formula is C14H11BClF2NO2. The van der Waals surface area contributed by atoms with Crippen molar-refractivity contribution in [2.45, 2.75) is 0 Å². The van der Waals surface area contributed by atoms with Gasteiger partial charge in [-0.1, -0.05) is 23.7 Å². The van der Waals surface area contributed by atoms with Gasteiger partial charge in [-0.05, 0) is 23.7 Å². The summed E-state index contributed by atoms with van der Waals surface area (Å²) in [6.45, 7) is 0. The Kier molecular flexibility index (Phi) is 4.48. The molecular weight excluding hydrogens is 298 g/mol. The van der Waals surface area contributed by atoms with Crippen LogP contribution in [0.5, 0.6) is 0 Å². The van der Waals surface area contributed by atoms with Crippen LogP contribution in [0.4, 0.5) is 20.2 Å². The highest BCUT2D eigenvalue weighted by atomic mass is 35.5. The largest absolute Gasteiger partial charge is 0.465 e. The number of methoxy groups -OCH3 is 1. The van der Waals surface area contributed by atoms with E-state index in [-0.39, 0.29) is 16.7 Å². The van der Waals surface area contributed by atoms with Crippen molar-refractivity contribution in [3.05, 3.63) is 52.6 Å². The minimum absolute atomic E-state index is 0.0117. The molecule has 0 fully saturated rings. The Bertz CT molecular complexity index is 710. The van der Waals surface area contributed by atoms with Crippen molar-refractivity contribution in [3.8, 4) is 0 Å². The lowest BCUT2D eigenvalue weighted by Crippen LogP contribution is -2.18. The molecule has 0 heterocycles. The molecule has 0 unspecified atom stereocenters. The molecule has 21 heavy (non-hydrogen) atoms. The van der Waals surface area contributed by atoms with E-state index in [0.717, 1.165) is 7.11 Å². The van der Waals surface area contributed by atoms with Gasteiger partial charge in [-0.15, -0.1) is 0 Å². The smallest absolute Gasteiger partial charge is 0.340 e. The summed E-state index contributed by atoms with van der Waals surface area (Å²) in [4.78, 5) is 11.7. The van der Waals surface area contributed by atoms with Crippen molar-refractivity contribution in [3.63, 3.8) is 0 Å². The molecule has 3 nitrogen and oxygen atoms in total. The van der Waals surface area contributed by atoms with Crippen LogP contribution < -0.4 is 10.8 Å². The minimum atomic E-state index is -1.16. The van der Waals surface area contributed by atoms with Gasteiger partial charge in [0.1, 0.15) is 7.85 Å². The van der Waals surface area contributed by atoms with Crippen LogP contribution in [-0.2, 0) is 4.74 Å². The number of para-hydroxylation sites is 1. The second-order valence-corrected chi connectivity index (χ2v) is 4.75. The Balaban J connectivity index is 2.59. The van der Waals surface area contributed by atoms with Gasteiger partial charge < -0.3 is 10.1 Å². The number of halogens is 3. The van der Waals surface area contributed by atoms with E-state index >= 15 is 0 Å². The SMILES string of the molecule is Bc1cc(C(=O)OC)c(Nc2ccccc2Cl)c(F)c1F. The maximum absolute atomic E-state index is 14.1. The van der Waals surface area contributed by atoms with E-state index in [4.69, 9.17) is 11.6 Å². The third-order valence-corrected chi connectivity index (χ3v) is 3.26. The lowest BCUT2D eigenvalue weighted by molar-refractivity contribution is 0.0601. The van der Waals surface area contributed by atoms with Crippen molar-refractivity contribution >= 4 is 42.3 Å². The van der Waals surface area contributed by atoms with E-state index in [9.17, 15) is 13.6 Å². The predicted octanol–water partition coefficient (Wildman–Crippen LogP) is 2.41. The second-order valence-electron chi connectivity index (χ2n) is 4.34. The number of ether oxygens (including phenoxy) is 1. The Hall–Kier alpha value is -2.08. The Labute approximate surface area is 126 Å². The molecule has 0 radical (unpaired) electrons. The maximum atomic E-state index is 14.1. The summed E-state index contributed by atoms with van der Waals surface area (Å²) < 4.78 is 32.5. The van der Waals surface area contributed by atoms with Crippen molar-refractivity contribution in [2.24, 2.45) is 0 Å². The topological polar surface area (TPSA) is 38.3 Å². The van der Waals surface area contributed by atoms with Crippen LogP contribution in [0.1, 0.15) is 10.4 Å². The number of hydrogen-bond donors (Lipinski definition) is 1. The van der Waals surface area contributed by atoms with Crippen LogP contribution in [0.3, 0.4) is 0 Å². The minimum Gasteiger partial charge on any atom is -0.465 e. The third-order valence-electron chi connectivity index (χ3n) is 2.93. The van der Waals surface area contributed by atoms with Gasteiger partial charge in [0, 0.05) is 0 Å². The fourth-order valence-corrected chi connectivity index (χ4v) is 2.03. The van der Waals surface area contributed by atoms with Gasteiger partial charge in [-0.25, -0.2) is 13.6 Å². The molecule has 1 N–H and O–H groups in total. The standard InChI is InChI=1S/C14H11BClF2NO2/c1-21-14(20)7-6-8(15)11(17)12(18)13(7)19-10-5-3-2-4-9(10)16/h2-6,19H,15H2,1H3. The highest BCUT2D eigenvalue weighted by Crippen LogP contribution is 2.29. The summed E-state index contributed by atoms with van der Waals surface area (Å²) in [5, 5.41) is 2.96. The fraction of sp³-hybridized carbons (Fsp3) is 0.0714. The Morgan fingerprint density at radius 1 is 1.29 bits per heavy atom. The molecule has 0 bridgehead atoms. The van der Waals surface area contributed by atoms with E-state index < -0.39 is 17.6 Å². The highest BCUT2D eigenvalue weighted by molar-refractivity contribution is 6.34. The summed E-state index contributed by atoms with van der Waals surface area (Å²) in [6, 6.07) is 7.77. The average molecular weight is 310 g/mol. The quantitative estimate of drug-likeness (QED) is 0.699. The average Bonchev–Trinajstić information content (AvgIpc) is 2.48. The number of benzene rings is 2. The molecule has 0 spiro atoms. The van der Waals surface area contributed by atoms with Gasteiger partial charge in [-0.3, -0.25) is 0 Å². The first-order valence-electron chi connectivity index (χ1n) is 6.04. The molecule has 0 atom stereocenters. The third kappa shape index (κ3) is 3.00. The predicted molar refractivity (Wildman–Crippen MR) is 80.6 cm³/mol. The Morgan fingerprint density at radius 2 is 1.95 bits per heavy atom. The van der Waals surface area contributed by atoms with E-state index in [1.54, 1.807) is 24.3 Å². The van der Waals surface area contributed by atoms with Gasteiger partial charge in [0.05, 0.1) is 29.1 Å². The maximum Gasteiger partial charge on any atom is 0.340 e. The number of carbonyl (C=O) groups is 1. The first-order valence-corrected chi connectivity index (χ1v) is 6.42. The summed E-state index contributed by atoms with van der Waals surface area (Å²) in [5.74, 6) is -2.96. The number of rotatable bonds is 3. The van der Waals surface area contributed by atoms with Gasteiger partial charge in [0.15, 0.2) is 11.6 Å². The first-order chi connectivity index (χ1) is 9.95. The van der Waals surface area contributed by atoms with Crippen molar-refractivity contribution < 1.29 is 18.3 Å². The summed E-state index contributed by atoms with van der Waals surface area (Å²) >= 11 is 5.97. The van der Waals surface area contributed by atoms with Crippen LogP contribution in [0.15, 0.2) is 30.3 Å². The van der Waals surface area contributed by atoms with Crippen LogP contribution in [0.25, 0.3) is 0 Å². The molecule has 0 aliphatic rings. The first kappa shape index (κ1) is 15.3. The lowest BCUT2D eigenvalue weighted by Gasteiger charge is -2.14. The summed E-state index contributed by atoms with van der Waals surface area (Å²) in [5.41, 5.74) is -0.0454. The summed E-state index contributed by atoms with van der Waals surface area (Å²) in [7, 11) is 2.53. The number of esters is 1. The van der Waals surface area contributed by atoms with Crippen LogP contribution >= 0.6 is 11.6 Å². The zero-order valence-corrected chi connectivity index (χ0v) is 12.1. The lowest BCUT2D eigenvalue weighted by atomic mass is 9.92. The highest BCUT2D eigenvalue weighted by Gasteiger charge is 2.22. The molecule has 2 aromatic carbocycles. The van der Waals surface area contributed by atoms with E-state index in [2.05, 4.69) is 10.1 Å². The van der Waals surface area contributed by atoms with Crippen molar-refractivity contribution in [1.82, 2.24) is 0 Å². The monoisotopic (exact) mass is 309 g/mol. The normalized spacial score (nSPS) is 10.3. The Morgan fingerprint density at radius 3 is 2.57 bits per heavy atom. The zero-order valence-electron chi connectivity index (χ0n) is 11.3. The van der Waals surface area contributed by atoms with Crippen molar-refractivity contribution in [1.29, 1.82) is 0 Å². The van der Waals surface area contributed by atoms with Gasteiger partial charge in [0.2, 0.25) is 0 Å². The molecule has 0 saturated heterocycles. The van der Waals surface area contributed by atoms with Crippen LogP contribution in [0.2, 0.25) is 5.02 Å². The second kappa shape index (κ2) is 6.14. The van der Waals surface area contributed by atoms with E-state index in [1.807, 2.05) is 0 Å². The molecule has 0 aromatic heterocycles. The van der Waals surface area contributed by atoms with Crippen LogP contribution in [-0.4, -0.2) is 20.9 Å². The van der Waals surface area contributed by atoms with Gasteiger partial charge in [-0.2, -0.15) is 0 Å². The number of nitrogens with one attached hydrogen (secondary N) is 1. The van der Waals surface area contributed by atoms with Gasteiger partial charge in [0.25, 0.3) is 0 Å². The molecule has 108 valence electrons. The molecule has 7 heteroatoms. The zero-order chi connectivity index (χ0) is 15.6. The molecule has 0 saturated carbocycles. The molecule has 0 aliphatic carbocycles. The summed E-state index contributed by atoms with van der Waals surface area (Å²) in [6.07, 6.45) is 0. The van der Waals surface area contributed by atoms with E-state index in [1.165, 1.54) is 13.9 Å². The molecule has 2 aromatic rings. The molecule has 2 rings (SSSR count). The van der Waals surface area contributed by atoms with Crippen LogP contribution in [0, 0.1) is 11.6 Å². The van der Waals surface area contributed by atoms with E-state index in [0.29, 0.717) is 10.7 Å². The number of carbonyl (C=O) groups excluding carboxylic acids is 1. The number of hydrogen-bond acceptors (Lipinski definition) is 3. The molecule has 0 aliphatic heterocycles.